The molecule has 1 aromatic heterocycles. The van der Waals surface area contributed by atoms with Crippen LogP contribution in [0.25, 0.3) is 43.8 Å². The van der Waals surface area contributed by atoms with Crippen molar-refractivity contribution < 1.29 is 4.42 Å². The summed E-state index contributed by atoms with van der Waals surface area (Å²) in [6.07, 6.45) is 0. The van der Waals surface area contributed by atoms with Crippen LogP contribution in [0.5, 0.6) is 0 Å². The number of fused-ring (bicyclic) bond motifs is 8. The molecule has 5 aromatic carbocycles. The molecule has 0 fully saturated rings. The summed E-state index contributed by atoms with van der Waals surface area (Å²) >= 11 is 0. The van der Waals surface area contributed by atoms with Crippen molar-refractivity contribution in [3.8, 4) is 11.1 Å². The van der Waals surface area contributed by atoms with Crippen molar-refractivity contribution in [2.75, 3.05) is 5.32 Å². The maximum atomic E-state index is 6.39. The Morgan fingerprint density at radius 2 is 1.39 bits per heavy atom. The van der Waals surface area contributed by atoms with Crippen LogP contribution in [0.4, 0.5) is 11.4 Å². The molecule has 0 bridgehead atoms. The van der Waals surface area contributed by atoms with Gasteiger partial charge in [-0.2, -0.15) is 0 Å². The van der Waals surface area contributed by atoms with Gasteiger partial charge >= 0.3 is 0 Å². The fourth-order valence-corrected chi connectivity index (χ4v) is 5.60. The van der Waals surface area contributed by atoms with E-state index in [0.717, 1.165) is 27.9 Å². The van der Waals surface area contributed by atoms with E-state index in [1.165, 1.54) is 38.4 Å². The third-order valence-electron chi connectivity index (χ3n) is 7.23. The minimum atomic E-state index is -0.0261. The summed E-state index contributed by atoms with van der Waals surface area (Å²) in [6.45, 7) is 4.63. The van der Waals surface area contributed by atoms with Crippen LogP contribution in [0, 0.1) is 0 Å². The van der Waals surface area contributed by atoms with E-state index in [2.05, 4.69) is 104 Å². The molecule has 0 unspecified atom stereocenters. The van der Waals surface area contributed by atoms with E-state index < -0.39 is 0 Å². The number of hydrogen-bond acceptors (Lipinski definition) is 2. The average Bonchev–Trinajstić information content (AvgIpc) is 3.34. The molecule has 0 radical (unpaired) electrons. The predicted molar refractivity (Wildman–Crippen MR) is 139 cm³/mol. The van der Waals surface area contributed by atoms with Crippen molar-refractivity contribution in [3.63, 3.8) is 0 Å². The summed E-state index contributed by atoms with van der Waals surface area (Å²) in [7, 11) is 0. The molecule has 6 aromatic rings. The largest absolute Gasteiger partial charge is 0.454 e. The van der Waals surface area contributed by atoms with Crippen LogP contribution in [-0.4, -0.2) is 0 Å². The van der Waals surface area contributed by atoms with Gasteiger partial charge in [-0.25, -0.2) is 0 Å². The van der Waals surface area contributed by atoms with Crippen LogP contribution in [-0.2, 0) is 5.41 Å². The maximum Gasteiger partial charge on any atom is 0.159 e. The van der Waals surface area contributed by atoms with Crippen molar-refractivity contribution in [2.45, 2.75) is 19.3 Å². The number of anilines is 2. The normalized spacial score (nSPS) is 14.0. The van der Waals surface area contributed by atoms with Gasteiger partial charge in [0.1, 0.15) is 5.58 Å². The Bertz CT molecular complexity index is 1720. The highest BCUT2D eigenvalue weighted by Gasteiger charge is 2.35. The lowest BCUT2D eigenvalue weighted by Crippen LogP contribution is -2.15. The maximum absolute atomic E-state index is 6.39. The molecule has 2 heteroatoms. The fourth-order valence-electron chi connectivity index (χ4n) is 5.60. The Balaban J connectivity index is 1.42. The SMILES string of the molecule is CC1(C)c2ccccc2-c2ccc(Nc3cc4ccccc4c4c3oc3ccccc34)cc21. The lowest BCUT2D eigenvalue weighted by Gasteiger charge is -2.22. The van der Waals surface area contributed by atoms with Crippen LogP contribution in [0.2, 0.25) is 0 Å². The molecule has 0 aliphatic heterocycles. The Kier molecular flexibility index (Phi) is 3.64. The van der Waals surface area contributed by atoms with Crippen LogP contribution in [0.3, 0.4) is 0 Å². The second-order valence-corrected chi connectivity index (χ2v) is 9.50. The second kappa shape index (κ2) is 6.49. The quantitative estimate of drug-likeness (QED) is 0.300. The van der Waals surface area contributed by atoms with Gasteiger partial charge in [0.2, 0.25) is 0 Å². The van der Waals surface area contributed by atoms with E-state index in [9.17, 15) is 0 Å². The standard InChI is InChI=1S/C31H23NO/c1-31(2)25-13-7-5-11-22(25)23-16-15-20(18-26(23)31)32-27-17-19-9-3-4-10-21(19)29-24-12-6-8-14-28(24)33-30(27)29/h3-18,32H,1-2H3. The molecule has 0 atom stereocenters. The van der Waals surface area contributed by atoms with Gasteiger partial charge in [-0.1, -0.05) is 86.6 Å². The summed E-state index contributed by atoms with van der Waals surface area (Å²) in [5.74, 6) is 0. The molecule has 1 heterocycles. The fraction of sp³-hybridized carbons (Fsp3) is 0.0968. The molecule has 0 saturated carbocycles. The van der Waals surface area contributed by atoms with Gasteiger partial charge in [-0.05, 0) is 57.3 Å². The molecule has 0 amide bonds. The van der Waals surface area contributed by atoms with Crippen LogP contribution >= 0.6 is 0 Å². The second-order valence-electron chi connectivity index (χ2n) is 9.50. The van der Waals surface area contributed by atoms with Gasteiger partial charge in [-0.3, -0.25) is 0 Å². The predicted octanol–water partition coefficient (Wildman–Crippen LogP) is 8.79. The topological polar surface area (TPSA) is 25.2 Å². The zero-order valence-corrected chi connectivity index (χ0v) is 18.6. The summed E-state index contributed by atoms with van der Waals surface area (Å²) < 4.78 is 6.39. The number of rotatable bonds is 2. The first-order chi connectivity index (χ1) is 16.1. The van der Waals surface area contributed by atoms with Crippen molar-refractivity contribution >= 4 is 44.1 Å². The monoisotopic (exact) mass is 425 g/mol. The minimum Gasteiger partial charge on any atom is -0.454 e. The lowest BCUT2D eigenvalue weighted by atomic mass is 9.82. The van der Waals surface area contributed by atoms with E-state index in [1.807, 2.05) is 12.1 Å². The zero-order valence-electron chi connectivity index (χ0n) is 18.6. The summed E-state index contributed by atoms with van der Waals surface area (Å²) in [5, 5.41) is 8.44. The third kappa shape index (κ3) is 2.55. The molecular weight excluding hydrogens is 402 g/mol. The number of furan rings is 1. The highest BCUT2D eigenvalue weighted by molar-refractivity contribution is 6.22. The Labute approximate surface area is 192 Å². The molecule has 7 rings (SSSR count). The first-order valence-electron chi connectivity index (χ1n) is 11.5. The number of para-hydroxylation sites is 1. The summed E-state index contributed by atoms with van der Waals surface area (Å²) in [6, 6.07) is 34.5. The number of hydrogen-bond donors (Lipinski definition) is 1. The molecule has 0 saturated heterocycles. The van der Waals surface area contributed by atoms with Gasteiger partial charge in [0.15, 0.2) is 5.58 Å². The molecular formula is C31H23NO. The third-order valence-corrected chi connectivity index (χ3v) is 7.23. The van der Waals surface area contributed by atoms with E-state index in [-0.39, 0.29) is 5.41 Å². The van der Waals surface area contributed by atoms with Crippen molar-refractivity contribution in [3.05, 3.63) is 108 Å². The molecule has 2 nitrogen and oxygen atoms in total. The molecule has 0 spiro atoms. The van der Waals surface area contributed by atoms with E-state index in [4.69, 9.17) is 4.42 Å². The van der Waals surface area contributed by atoms with Crippen LogP contribution < -0.4 is 5.32 Å². The van der Waals surface area contributed by atoms with Crippen molar-refractivity contribution in [1.82, 2.24) is 0 Å². The van der Waals surface area contributed by atoms with E-state index in [0.29, 0.717) is 0 Å². The van der Waals surface area contributed by atoms with Crippen molar-refractivity contribution in [1.29, 1.82) is 0 Å². The van der Waals surface area contributed by atoms with Gasteiger partial charge in [0.25, 0.3) is 0 Å². The Hall–Kier alpha value is -4.04. The van der Waals surface area contributed by atoms with Gasteiger partial charge in [0.05, 0.1) is 5.69 Å². The molecule has 158 valence electrons. The van der Waals surface area contributed by atoms with Gasteiger partial charge in [0, 0.05) is 21.9 Å². The number of benzene rings is 5. The average molecular weight is 426 g/mol. The van der Waals surface area contributed by atoms with E-state index in [1.54, 1.807) is 0 Å². The smallest absolute Gasteiger partial charge is 0.159 e. The highest BCUT2D eigenvalue weighted by atomic mass is 16.3. The zero-order chi connectivity index (χ0) is 22.2. The lowest BCUT2D eigenvalue weighted by molar-refractivity contribution is 0.660. The van der Waals surface area contributed by atoms with Crippen molar-refractivity contribution in [2.24, 2.45) is 0 Å². The highest BCUT2D eigenvalue weighted by Crippen LogP contribution is 2.49. The number of nitrogens with one attached hydrogen (secondary N) is 1. The van der Waals surface area contributed by atoms with Crippen LogP contribution in [0.1, 0.15) is 25.0 Å². The first kappa shape index (κ1) is 18.5. The molecule has 1 aliphatic rings. The summed E-state index contributed by atoms with van der Waals surface area (Å²) in [4.78, 5) is 0. The molecule has 1 N–H and O–H groups in total. The molecule has 33 heavy (non-hydrogen) atoms. The van der Waals surface area contributed by atoms with E-state index >= 15 is 0 Å². The molecule has 1 aliphatic carbocycles. The minimum absolute atomic E-state index is 0.0261. The van der Waals surface area contributed by atoms with Gasteiger partial charge < -0.3 is 9.73 Å². The Morgan fingerprint density at radius 1 is 0.667 bits per heavy atom. The Morgan fingerprint density at radius 3 is 2.30 bits per heavy atom. The van der Waals surface area contributed by atoms with Gasteiger partial charge in [-0.15, -0.1) is 0 Å². The van der Waals surface area contributed by atoms with Crippen LogP contribution in [0.15, 0.2) is 101 Å². The summed E-state index contributed by atoms with van der Waals surface area (Å²) in [5.41, 5.74) is 9.28. The first-order valence-corrected chi connectivity index (χ1v) is 11.5.